The molecule has 1 heteroatoms. The summed E-state index contributed by atoms with van der Waals surface area (Å²) in [7, 11) is 0. The van der Waals surface area contributed by atoms with Gasteiger partial charge in [-0.2, -0.15) is 0 Å². The summed E-state index contributed by atoms with van der Waals surface area (Å²) in [5, 5.41) is 2.84. The molecule has 0 saturated heterocycles. The van der Waals surface area contributed by atoms with Gasteiger partial charge < -0.3 is 0 Å². The van der Waals surface area contributed by atoms with Crippen LogP contribution in [0.25, 0.3) is 20.2 Å². The molecule has 1 aromatic heterocycles. The third-order valence-electron chi connectivity index (χ3n) is 2.93. The Labute approximate surface area is 93.2 Å². The van der Waals surface area contributed by atoms with Gasteiger partial charge in [0.25, 0.3) is 0 Å². The van der Waals surface area contributed by atoms with E-state index in [0.29, 0.717) is 0 Å². The summed E-state index contributed by atoms with van der Waals surface area (Å²) in [6.45, 7) is 4.39. The molecule has 0 aliphatic heterocycles. The van der Waals surface area contributed by atoms with Gasteiger partial charge in [0.1, 0.15) is 0 Å². The minimum atomic E-state index is 1.38. The van der Waals surface area contributed by atoms with Gasteiger partial charge in [-0.3, -0.25) is 0 Å². The van der Waals surface area contributed by atoms with E-state index in [9.17, 15) is 0 Å². The number of hydrogen-bond donors (Lipinski definition) is 0. The highest BCUT2D eigenvalue weighted by Gasteiger charge is 2.07. The average Bonchev–Trinajstić information content (AvgIpc) is 2.64. The fourth-order valence-corrected chi connectivity index (χ4v) is 3.37. The number of benzene rings is 2. The minimum absolute atomic E-state index is 1.38. The molecule has 0 saturated carbocycles. The van der Waals surface area contributed by atoms with E-state index in [0.717, 1.165) is 0 Å². The first-order valence-electron chi connectivity index (χ1n) is 5.15. The molecule has 0 fully saturated rings. The van der Waals surface area contributed by atoms with Crippen molar-refractivity contribution in [2.24, 2.45) is 0 Å². The molecule has 3 rings (SSSR count). The van der Waals surface area contributed by atoms with Gasteiger partial charge in [-0.15, -0.1) is 11.3 Å². The average molecular weight is 212 g/mol. The fraction of sp³-hybridized carbons (Fsp3) is 0.143. The summed E-state index contributed by atoms with van der Waals surface area (Å²) in [4.78, 5) is 0. The van der Waals surface area contributed by atoms with Gasteiger partial charge in [0.05, 0.1) is 0 Å². The molecule has 0 atom stereocenters. The van der Waals surface area contributed by atoms with E-state index in [1.54, 1.807) is 0 Å². The number of thiophene rings is 1. The molecule has 74 valence electrons. The Balaban J connectivity index is 2.66. The molecule has 0 radical (unpaired) electrons. The molecule has 0 nitrogen and oxygen atoms in total. The van der Waals surface area contributed by atoms with Crippen LogP contribution in [0.15, 0.2) is 36.4 Å². The Bertz CT molecular complexity index is 647. The molecule has 0 amide bonds. The number of fused-ring (bicyclic) bond motifs is 3. The topological polar surface area (TPSA) is 0 Å². The summed E-state index contributed by atoms with van der Waals surface area (Å²) in [6, 6.07) is 13.1. The summed E-state index contributed by atoms with van der Waals surface area (Å²) in [5.41, 5.74) is 2.77. The van der Waals surface area contributed by atoms with Crippen LogP contribution >= 0.6 is 11.3 Å². The molecular weight excluding hydrogens is 200 g/mol. The van der Waals surface area contributed by atoms with Gasteiger partial charge in [-0.05, 0) is 31.0 Å². The van der Waals surface area contributed by atoms with Gasteiger partial charge in [0.2, 0.25) is 0 Å². The largest absolute Gasteiger partial charge is 0.135 e. The molecule has 0 N–H and O–H groups in total. The third kappa shape index (κ3) is 1.20. The summed E-state index contributed by atoms with van der Waals surface area (Å²) >= 11 is 1.90. The maximum absolute atomic E-state index is 2.22. The second-order valence-electron chi connectivity index (χ2n) is 4.00. The van der Waals surface area contributed by atoms with Gasteiger partial charge >= 0.3 is 0 Å². The summed E-state index contributed by atoms with van der Waals surface area (Å²) < 4.78 is 2.83. The van der Waals surface area contributed by atoms with Crippen molar-refractivity contribution in [2.45, 2.75) is 13.8 Å². The van der Waals surface area contributed by atoms with Crippen molar-refractivity contribution in [2.75, 3.05) is 0 Å². The maximum atomic E-state index is 2.22. The van der Waals surface area contributed by atoms with Crippen LogP contribution in [0.5, 0.6) is 0 Å². The summed E-state index contributed by atoms with van der Waals surface area (Å²) in [5.74, 6) is 0. The molecule has 15 heavy (non-hydrogen) atoms. The lowest BCUT2D eigenvalue weighted by atomic mass is 10.1. The van der Waals surface area contributed by atoms with Crippen LogP contribution in [-0.4, -0.2) is 0 Å². The Hall–Kier alpha value is -1.34. The molecular formula is C14H12S. The van der Waals surface area contributed by atoms with Crippen LogP contribution in [0.4, 0.5) is 0 Å². The normalized spacial score (nSPS) is 11.3. The van der Waals surface area contributed by atoms with Crippen molar-refractivity contribution in [1.29, 1.82) is 0 Å². The second kappa shape index (κ2) is 3.07. The quantitative estimate of drug-likeness (QED) is 0.508. The standard InChI is InChI=1S/C14H12S/c1-9-7-8-10(2)14-13(9)11-5-3-4-6-12(11)15-14/h3-8H,1-2H3. The summed E-state index contributed by atoms with van der Waals surface area (Å²) in [6.07, 6.45) is 0. The molecule has 0 aliphatic rings. The van der Waals surface area contributed by atoms with Crippen LogP contribution in [0, 0.1) is 13.8 Å². The monoisotopic (exact) mass is 212 g/mol. The van der Waals surface area contributed by atoms with E-state index in [1.165, 1.54) is 31.3 Å². The van der Waals surface area contributed by atoms with Gasteiger partial charge in [-0.25, -0.2) is 0 Å². The SMILES string of the molecule is Cc1ccc(C)c2c1sc1ccccc12. The zero-order valence-electron chi connectivity index (χ0n) is 8.87. The van der Waals surface area contributed by atoms with Crippen molar-refractivity contribution in [3.63, 3.8) is 0 Å². The number of hydrogen-bond acceptors (Lipinski definition) is 1. The van der Waals surface area contributed by atoms with Crippen LogP contribution in [-0.2, 0) is 0 Å². The first-order chi connectivity index (χ1) is 7.27. The van der Waals surface area contributed by atoms with E-state index in [-0.39, 0.29) is 0 Å². The zero-order valence-corrected chi connectivity index (χ0v) is 9.69. The van der Waals surface area contributed by atoms with Crippen LogP contribution in [0.2, 0.25) is 0 Å². The highest BCUT2D eigenvalue weighted by atomic mass is 32.1. The first-order valence-corrected chi connectivity index (χ1v) is 5.96. The maximum Gasteiger partial charge on any atom is 0.0387 e. The molecule has 0 spiro atoms. The van der Waals surface area contributed by atoms with Crippen LogP contribution in [0.1, 0.15) is 11.1 Å². The highest BCUT2D eigenvalue weighted by molar-refractivity contribution is 7.26. The number of rotatable bonds is 0. The van der Waals surface area contributed by atoms with E-state index in [1.807, 2.05) is 11.3 Å². The van der Waals surface area contributed by atoms with Crippen molar-refractivity contribution >= 4 is 31.5 Å². The zero-order chi connectivity index (χ0) is 10.4. The van der Waals surface area contributed by atoms with Crippen molar-refractivity contribution in [1.82, 2.24) is 0 Å². The van der Waals surface area contributed by atoms with E-state index in [2.05, 4.69) is 50.2 Å². The molecule has 2 aromatic carbocycles. The lowest BCUT2D eigenvalue weighted by Gasteiger charge is -1.99. The first kappa shape index (κ1) is 8.93. The fourth-order valence-electron chi connectivity index (χ4n) is 2.12. The Morgan fingerprint density at radius 1 is 0.867 bits per heavy atom. The lowest BCUT2D eigenvalue weighted by Crippen LogP contribution is -1.77. The van der Waals surface area contributed by atoms with E-state index in [4.69, 9.17) is 0 Å². The van der Waals surface area contributed by atoms with Crippen LogP contribution < -0.4 is 0 Å². The molecule has 1 heterocycles. The molecule has 0 bridgehead atoms. The molecule has 0 aliphatic carbocycles. The van der Waals surface area contributed by atoms with Gasteiger partial charge in [-0.1, -0.05) is 30.3 Å². The Kier molecular flexibility index (Phi) is 1.83. The number of aryl methyl sites for hydroxylation is 2. The Morgan fingerprint density at radius 3 is 2.47 bits per heavy atom. The minimum Gasteiger partial charge on any atom is -0.135 e. The smallest absolute Gasteiger partial charge is 0.0387 e. The van der Waals surface area contributed by atoms with Gasteiger partial charge in [0.15, 0.2) is 0 Å². The van der Waals surface area contributed by atoms with E-state index >= 15 is 0 Å². The van der Waals surface area contributed by atoms with Crippen molar-refractivity contribution in [3.8, 4) is 0 Å². The van der Waals surface area contributed by atoms with Gasteiger partial charge in [0, 0.05) is 20.2 Å². The molecule has 0 unspecified atom stereocenters. The van der Waals surface area contributed by atoms with Crippen molar-refractivity contribution in [3.05, 3.63) is 47.5 Å². The Morgan fingerprint density at radius 2 is 1.60 bits per heavy atom. The highest BCUT2D eigenvalue weighted by Crippen LogP contribution is 2.37. The predicted octanol–water partition coefficient (Wildman–Crippen LogP) is 4.67. The predicted molar refractivity (Wildman–Crippen MR) is 68.8 cm³/mol. The molecule has 3 aromatic rings. The second-order valence-corrected chi connectivity index (χ2v) is 5.05. The van der Waals surface area contributed by atoms with E-state index < -0.39 is 0 Å². The van der Waals surface area contributed by atoms with Crippen molar-refractivity contribution < 1.29 is 0 Å². The lowest BCUT2D eigenvalue weighted by molar-refractivity contribution is 1.49. The third-order valence-corrected chi connectivity index (χ3v) is 4.24. The van der Waals surface area contributed by atoms with Crippen LogP contribution in [0.3, 0.4) is 0 Å².